The highest BCUT2D eigenvalue weighted by Gasteiger charge is 2.35. The fourth-order valence-electron chi connectivity index (χ4n) is 3.07. The third-order valence-corrected chi connectivity index (χ3v) is 7.06. The molecule has 2 aromatic rings. The van der Waals surface area contributed by atoms with Gasteiger partial charge in [0.1, 0.15) is 4.90 Å². The summed E-state index contributed by atoms with van der Waals surface area (Å²) in [4.78, 5) is 1.57. The van der Waals surface area contributed by atoms with E-state index < -0.39 is 26.7 Å². The Labute approximate surface area is 173 Å². The first-order chi connectivity index (χ1) is 13.7. The third-order valence-electron chi connectivity index (χ3n) is 4.68. The Morgan fingerprint density at radius 2 is 1.66 bits per heavy atom. The molecule has 29 heavy (non-hydrogen) atoms. The predicted octanol–water partition coefficient (Wildman–Crippen LogP) is 4.38. The summed E-state index contributed by atoms with van der Waals surface area (Å²) in [5, 5.41) is -0.216. The molecule has 0 aromatic heterocycles. The van der Waals surface area contributed by atoms with E-state index in [1.54, 1.807) is 0 Å². The molecule has 2 aromatic carbocycles. The van der Waals surface area contributed by atoms with Gasteiger partial charge in [-0.1, -0.05) is 54.1 Å². The van der Waals surface area contributed by atoms with E-state index in [9.17, 15) is 21.6 Å². The van der Waals surface area contributed by atoms with Crippen LogP contribution < -0.4 is 0 Å². The van der Waals surface area contributed by atoms with Crippen LogP contribution in [-0.4, -0.2) is 50.3 Å². The van der Waals surface area contributed by atoms with Gasteiger partial charge in [-0.15, -0.1) is 0 Å². The quantitative estimate of drug-likeness (QED) is 0.687. The summed E-state index contributed by atoms with van der Waals surface area (Å²) < 4.78 is 65.7. The summed E-state index contributed by atoms with van der Waals surface area (Å²) in [6.07, 6.45) is -0.646. The van der Waals surface area contributed by atoms with E-state index in [1.807, 2.05) is 42.5 Å². The van der Waals surface area contributed by atoms with Gasteiger partial charge >= 0.3 is 6.18 Å². The van der Waals surface area contributed by atoms with Crippen molar-refractivity contribution in [3.63, 3.8) is 0 Å². The van der Waals surface area contributed by atoms with Gasteiger partial charge in [0.2, 0.25) is 10.0 Å². The zero-order valence-electron chi connectivity index (χ0n) is 15.4. The molecule has 0 amide bonds. The molecule has 1 aliphatic rings. The van der Waals surface area contributed by atoms with Gasteiger partial charge in [-0.2, -0.15) is 17.5 Å². The monoisotopic (exact) mass is 444 g/mol. The van der Waals surface area contributed by atoms with Crippen molar-refractivity contribution in [3.05, 3.63) is 70.8 Å². The zero-order chi connectivity index (χ0) is 21.1. The number of benzene rings is 2. The molecule has 1 fully saturated rings. The second-order valence-corrected chi connectivity index (χ2v) is 8.97. The average molecular weight is 445 g/mol. The predicted molar refractivity (Wildman–Crippen MR) is 107 cm³/mol. The second-order valence-electron chi connectivity index (χ2n) is 6.66. The van der Waals surface area contributed by atoms with Gasteiger partial charge in [0.05, 0.1) is 10.6 Å². The van der Waals surface area contributed by atoms with E-state index in [1.165, 1.54) is 4.31 Å². The lowest BCUT2D eigenvalue weighted by Gasteiger charge is -2.33. The Hall–Kier alpha value is -1.87. The fraction of sp³-hybridized carbons (Fsp3) is 0.300. The molecular formula is C20H20ClF3N2O2S. The van der Waals surface area contributed by atoms with E-state index in [0.29, 0.717) is 25.7 Å². The Kier molecular flexibility index (Phi) is 6.68. The lowest BCUT2D eigenvalue weighted by molar-refractivity contribution is -0.137. The highest BCUT2D eigenvalue weighted by atomic mass is 35.5. The van der Waals surface area contributed by atoms with Gasteiger partial charge in [0, 0.05) is 32.7 Å². The minimum atomic E-state index is -4.64. The van der Waals surface area contributed by atoms with Gasteiger partial charge in [0.25, 0.3) is 0 Å². The van der Waals surface area contributed by atoms with Crippen LogP contribution in [0.25, 0.3) is 6.08 Å². The fourth-order valence-corrected chi connectivity index (χ4v) is 4.99. The number of nitrogens with zero attached hydrogens (tertiary/aromatic N) is 2. The minimum absolute atomic E-state index is 0.189. The number of rotatable bonds is 5. The van der Waals surface area contributed by atoms with Crippen LogP contribution in [0, 0.1) is 0 Å². The van der Waals surface area contributed by atoms with Gasteiger partial charge in [-0.05, 0) is 23.8 Å². The maximum atomic E-state index is 13.0. The van der Waals surface area contributed by atoms with Gasteiger partial charge in [-0.3, -0.25) is 4.90 Å². The summed E-state index contributed by atoms with van der Waals surface area (Å²) in [6, 6.07) is 12.2. The molecule has 4 nitrogen and oxygen atoms in total. The number of sulfonamides is 1. The molecule has 1 aliphatic heterocycles. The minimum Gasteiger partial charge on any atom is -0.297 e. The number of hydrogen-bond acceptors (Lipinski definition) is 3. The van der Waals surface area contributed by atoms with Crippen molar-refractivity contribution in [3.8, 4) is 0 Å². The first-order valence-corrected chi connectivity index (χ1v) is 10.8. The average Bonchev–Trinajstić information content (AvgIpc) is 2.68. The van der Waals surface area contributed by atoms with E-state index >= 15 is 0 Å². The molecule has 9 heteroatoms. The summed E-state index contributed by atoms with van der Waals surface area (Å²) in [7, 11) is -4.11. The molecule has 156 valence electrons. The summed E-state index contributed by atoms with van der Waals surface area (Å²) in [5.41, 5.74) is 0.0399. The smallest absolute Gasteiger partial charge is 0.297 e. The summed E-state index contributed by atoms with van der Waals surface area (Å²) in [6.45, 7) is 2.00. The van der Waals surface area contributed by atoms with Crippen molar-refractivity contribution in [2.45, 2.75) is 11.1 Å². The summed E-state index contributed by atoms with van der Waals surface area (Å²) in [5.74, 6) is 0. The number of piperazine rings is 1. The number of halogens is 4. The summed E-state index contributed by atoms with van der Waals surface area (Å²) >= 11 is 5.91. The van der Waals surface area contributed by atoms with Gasteiger partial charge in [0.15, 0.2) is 0 Å². The van der Waals surface area contributed by atoms with Crippen LogP contribution in [0.1, 0.15) is 11.1 Å². The molecule has 0 spiro atoms. The van der Waals surface area contributed by atoms with Crippen LogP contribution in [0.15, 0.2) is 59.5 Å². The number of hydrogen-bond donors (Lipinski definition) is 0. The van der Waals surface area contributed by atoms with Crippen molar-refractivity contribution in [2.75, 3.05) is 32.7 Å². The van der Waals surface area contributed by atoms with Crippen LogP contribution >= 0.6 is 11.6 Å². The molecule has 3 rings (SSSR count). The molecule has 0 bridgehead atoms. The van der Waals surface area contributed by atoms with Crippen LogP contribution in [0.4, 0.5) is 13.2 Å². The van der Waals surface area contributed by atoms with E-state index in [0.717, 1.165) is 17.7 Å². The molecule has 0 atom stereocenters. The lowest BCUT2D eigenvalue weighted by atomic mass is 10.2. The van der Waals surface area contributed by atoms with Crippen molar-refractivity contribution < 1.29 is 21.6 Å². The van der Waals surface area contributed by atoms with Crippen molar-refractivity contribution in [1.29, 1.82) is 0 Å². The maximum absolute atomic E-state index is 13.0. The first kappa shape index (κ1) is 21.8. The SMILES string of the molecule is O=S(=O)(c1cc(C(F)(F)F)ccc1Cl)N1CCN(CC=Cc2ccccc2)CC1. The van der Waals surface area contributed by atoms with E-state index in [2.05, 4.69) is 4.90 Å². The zero-order valence-corrected chi connectivity index (χ0v) is 17.0. The normalized spacial score (nSPS) is 17.1. The van der Waals surface area contributed by atoms with Gasteiger partial charge in [-0.25, -0.2) is 8.42 Å². The van der Waals surface area contributed by atoms with Crippen LogP contribution in [0.3, 0.4) is 0 Å². The highest BCUT2D eigenvalue weighted by Crippen LogP contribution is 2.34. The first-order valence-electron chi connectivity index (χ1n) is 8.99. The van der Waals surface area contributed by atoms with E-state index in [4.69, 9.17) is 11.6 Å². The Bertz CT molecular complexity index is 971. The Morgan fingerprint density at radius 3 is 2.28 bits per heavy atom. The van der Waals surface area contributed by atoms with Gasteiger partial charge < -0.3 is 0 Å². The van der Waals surface area contributed by atoms with Crippen molar-refractivity contribution in [2.24, 2.45) is 0 Å². The molecule has 0 unspecified atom stereocenters. The molecule has 0 saturated carbocycles. The van der Waals surface area contributed by atoms with E-state index in [-0.39, 0.29) is 18.1 Å². The number of alkyl halides is 3. The molecule has 0 N–H and O–H groups in total. The Balaban J connectivity index is 1.65. The van der Waals surface area contributed by atoms with Crippen molar-refractivity contribution >= 4 is 27.7 Å². The molecule has 1 saturated heterocycles. The topological polar surface area (TPSA) is 40.6 Å². The standard InChI is InChI=1S/C20H20ClF3N2O2S/c21-18-9-8-17(20(22,23)24)15-19(18)29(27,28)26-13-11-25(12-14-26)10-4-7-16-5-2-1-3-6-16/h1-9,15H,10-14H2. The van der Waals surface area contributed by atoms with Crippen molar-refractivity contribution in [1.82, 2.24) is 9.21 Å². The van der Waals surface area contributed by atoms with Crippen LogP contribution in [0.5, 0.6) is 0 Å². The molecule has 0 aliphatic carbocycles. The third kappa shape index (κ3) is 5.39. The highest BCUT2D eigenvalue weighted by molar-refractivity contribution is 7.89. The van der Waals surface area contributed by atoms with Crippen LogP contribution in [-0.2, 0) is 16.2 Å². The lowest BCUT2D eigenvalue weighted by Crippen LogP contribution is -2.48. The molecule has 0 radical (unpaired) electrons. The Morgan fingerprint density at radius 1 is 1.00 bits per heavy atom. The van der Waals surface area contributed by atoms with Crippen LogP contribution in [0.2, 0.25) is 5.02 Å². The molecular weight excluding hydrogens is 425 g/mol. The maximum Gasteiger partial charge on any atom is 0.416 e. The molecule has 1 heterocycles. The largest absolute Gasteiger partial charge is 0.416 e. The second kappa shape index (κ2) is 8.87.